The highest BCUT2D eigenvalue weighted by atomic mass is 32.1. The van der Waals surface area contributed by atoms with Gasteiger partial charge < -0.3 is 5.73 Å². The molecule has 0 aliphatic heterocycles. The van der Waals surface area contributed by atoms with E-state index in [1.54, 1.807) is 17.5 Å². The van der Waals surface area contributed by atoms with Gasteiger partial charge in [-0.25, -0.2) is 0 Å². The van der Waals surface area contributed by atoms with Crippen LogP contribution in [0.2, 0.25) is 0 Å². The molecule has 0 aliphatic carbocycles. The molecule has 2 N–H and O–H groups in total. The largest absolute Gasteiger partial charge is 0.326 e. The number of hydrogen-bond donors (Lipinski definition) is 1. The molecule has 3 heterocycles. The molecule has 0 fully saturated rings. The molecule has 0 amide bonds. The average Bonchev–Trinajstić information content (AvgIpc) is 2.96. The third-order valence-corrected chi connectivity index (χ3v) is 3.75. The maximum Gasteiger partial charge on any atom is 0.108 e. The minimum atomic E-state index is 0.589. The molecule has 0 unspecified atom stereocenters. The fraction of sp³-hybridized carbons (Fsp3) is 0.167. The zero-order valence-electron chi connectivity index (χ0n) is 9.42. The molecule has 86 valence electrons. The quantitative estimate of drug-likeness (QED) is 0.751. The van der Waals surface area contributed by atoms with Gasteiger partial charge in [-0.2, -0.15) is 5.10 Å². The zero-order chi connectivity index (χ0) is 11.8. The fourth-order valence-electron chi connectivity index (χ4n) is 1.82. The molecule has 17 heavy (non-hydrogen) atoms. The number of hydrogen-bond acceptors (Lipinski definition) is 4. The molecule has 0 aliphatic rings. The molecule has 0 aromatic carbocycles. The maximum absolute atomic E-state index is 5.62. The second-order valence-corrected chi connectivity index (χ2v) is 4.90. The van der Waals surface area contributed by atoms with Gasteiger partial charge in [0.2, 0.25) is 0 Å². The molecule has 3 rings (SSSR count). The molecular formula is C12H12N4S. The highest BCUT2D eigenvalue weighted by Gasteiger charge is 2.06. The predicted octanol–water partition coefficient (Wildman–Crippen LogP) is 2.16. The van der Waals surface area contributed by atoms with Crippen LogP contribution in [0, 0.1) is 0 Å². The fourth-order valence-corrected chi connectivity index (χ4v) is 2.60. The Hall–Kier alpha value is -1.72. The van der Waals surface area contributed by atoms with Crippen molar-refractivity contribution in [2.75, 3.05) is 0 Å². The van der Waals surface area contributed by atoms with Crippen LogP contribution in [0.1, 0.15) is 4.88 Å². The van der Waals surface area contributed by atoms with Gasteiger partial charge in [0.1, 0.15) is 5.52 Å². The second-order valence-electron chi connectivity index (χ2n) is 3.90. The highest BCUT2D eigenvalue weighted by Crippen LogP contribution is 2.26. The van der Waals surface area contributed by atoms with E-state index < -0.39 is 0 Å². The van der Waals surface area contributed by atoms with E-state index in [-0.39, 0.29) is 0 Å². The Morgan fingerprint density at radius 2 is 2.18 bits per heavy atom. The third-order valence-electron chi connectivity index (χ3n) is 2.79. The molecular weight excluding hydrogens is 232 g/mol. The van der Waals surface area contributed by atoms with Gasteiger partial charge in [0.05, 0.1) is 11.7 Å². The van der Waals surface area contributed by atoms with E-state index in [1.165, 1.54) is 10.4 Å². The number of pyridine rings is 1. The summed E-state index contributed by atoms with van der Waals surface area (Å²) in [5.74, 6) is 0. The SMILES string of the molecule is Cn1ncc2ncc(-c3csc(CN)c3)cc21. The van der Waals surface area contributed by atoms with E-state index in [1.807, 2.05) is 17.9 Å². The van der Waals surface area contributed by atoms with Crippen molar-refractivity contribution >= 4 is 22.4 Å². The lowest BCUT2D eigenvalue weighted by Crippen LogP contribution is -1.91. The summed E-state index contributed by atoms with van der Waals surface area (Å²) >= 11 is 1.68. The molecule has 0 atom stereocenters. The standard InChI is InChI=1S/C12H12N4S/c1-16-12-3-8(5-14-11(12)6-15-16)9-2-10(4-13)17-7-9/h2-3,5-7H,4,13H2,1H3. The lowest BCUT2D eigenvalue weighted by Gasteiger charge is -1.98. The number of rotatable bonds is 2. The Kier molecular flexibility index (Phi) is 2.42. The topological polar surface area (TPSA) is 56.7 Å². The lowest BCUT2D eigenvalue weighted by atomic mass is 10.1. The van der Waals surface area contributed by atoms with Crippen molar-refractivity contribution in [2.45, 2.75) is 6.54 Å². The van der Waals surface area contributed by atoms with E-state index in [0.29, 0.717) is 6.54 Å². The second kappa shape index (κ2) is 3.94. The Bertz CT molecular complexity index is 668. The molecule has 5 heteroatoms. The summed E-state index contributed by atoms with van der Waals surface area (Å²) in [5, 5.41) is 6.30. The molecule has 0 radical (unpaired) electrons. The summed E-state index contributed by atoms with van der Waals surface area (Å²) in [5.41, 5.74) is 9.87. The van der Waals surface area contributed by atoms with Crippen LogP contribution in [0.15, 0.2) is 29.9 Å². The highest BCUT2D eigenvalue weighted by molar-refractivity contribution is 7.10. The maximum atomic E-state index is 5.62. The number of aromatic nitrogens is 3. The van der Waals surface area contributed by atoms with Crippen molar-refractivity contribution in [3.63, 3.8) is 0 Å². The van der Waals surface area contributed by atoms with Gasteiger partial charge in [0, 0.05) is 30.2 Å². The summed E-state index contributed by atoms with van der Waals surface area (Å²) in [6, 6.07) is 4.22. The number of thiophene rings is 1. The number of nitrogens with two attached hydrogens (primary N) is 1. The predicted molar refractivity (Wildman–Crippen MR) is 69.7 cm³/mol. The van der Waals surface area contributed by atoms with Gasteiger partial charge in [-0.3, -0.25) is 9.67 Å². The number of nitrogens with zero attached hydrogens (tertiary/aromatic N) is 3. The molecule has 0 spiro atoms. The van der Waals surface area contributed by atoms with E-state index in [2.05, 4.69) is 27.6 Å². The van der Waals surface area contributed by atoms with Crippen molar-refractivity contribution in [3.05, 3.63) is 34.8 Å². The zero-order valence-corrected chi connectivity index (χ0v) is 10.2. The van der Waals surface area contributed by atoms with Crippen LogP contribution in [0.5, 0.6) is 0 Å². The van der Waals surface area contributed by atoms with Crippen molar-refractivity contribution in [3.8, 4) is 11.1 Å². The van der Waals surface area contributed by atoms with Crippen LogP contribution in [0.4, 0.5) is 0 Å². The minimum Gasteiger partial charge on any atom is -0.326 e. The van der Waals surface area contributed by atoms with Gasteiger partial charge in [-0.05, 0) is 23.1 Å². The van der Waals surface area contributed by atoms with E-state index >= 15 is 0 Å². The first-order chi connectivity index (χ1) is 8.28. The molecule has 0 bridgehead atoms. The summed E-state index contributed by atoms with van der Waals surface area (Å²) < 4.78 is 1.84. The van der Waals surface area contributed by atoms with Gasteiger partial charge in [-0.15, -0.1) is 11.3 Å². The van der Waals surface area contributed by atoms with Crippen LogP contribution >= 0.6 is 11.3 Å². The van der Waals surface area contributed by atoms with Crippen molar-refractivity contribution < 1.29 is 0 Å². The summed E-state index contributed by atoms with van der Waals surface area (Å²) in [6.07, 6.45) is 3.66. The minimum absolute atomic E-state index is 0.589. The van der Waals surface area contributed by atoms with Crippen LogP contribution in [0.25, 0.3) is 22.2 Å². The average molecular weight is 244 g/mol. The van der Waals surface area contributed by atoms with Crippen LogP contribution in [-0.2, 0) is 13.6 Å². The van der Waals surface area contributed by atoms with Gasteiger partial charge in [-0.1, -0.05) is 0 Å². The molecule has 3 aromatic rings. The Labute approximate surface area is 103 Å². The summed E-state index contributed by atoms with van der Waals surface area (Å²) in [7, 11) is 1.92. The first kappa shape index (κ1) is 10.4. The Balaban J connectivity index is 2.13. The smallest absolute Gasteiger partial charge is 0.108 e. The first-order valence-corrected chi connectivity index (χ1v) is 6.21. The summed E-state index contributed by atoms with van der Waals surface area (Å²) in [4.78, 5) is 5.59. The molecule has 0 saturated heterocycles. The Morgan fingerprint density at radius 1 is 1.29 bits per heavy atom. The monoisotopic (exact) mass is 244 g/mol. The number of fused-ring (bicyclic) bond motifs is 1. The van der Waals surface area contributed by atoms with Crippen LogP contribution in [-0.4, -0.2) is 14.8 Å². The molecule has 0 saturated carbocycles. The molecule has 4 nitrogen and oxygen atoms in total. The third kappa shape index (κ3) is 1.73. The van der Waals surface area contributed by atoms with Gasteiger partial charge >= 0.3 is 0 Å². The van der Waals surface area contributed by atoms with E-state index in [0.717, 1.165) is 16.6 Å². The normalized spacial score (nSPS) is 11.2. The summed E-state index contributed by atoms with van der Waals surface area (Å²) in [6.45, 7) is 0.589. The first-order valence-electron chi connectivity index (χ1n) is 5.33. The van der Waals surface area contributed by atoms with E-state index in [4.69, 9.17) is 5.73 Å². The van der Waals surface area contributed by atoms with Crippen molar-refractivity contribution in [1.82, 2.24) is 14.8 Å². The lowest BCUT2D eigenvalue weighted by molar-refractivity contribution is 0.797. The van der Waals surface area contributed by atoms with Crippen molar-refractivity contribution in [1.29, 1.82) is 0 Å². The van der Waals surface area contributed by atoms with E-state index in [9.17, 15) is 0 Å². The van der Waals surface area contributed by atoms with Crippen LogP contribution in [0.3, 0.4) is 0 Å². The van der Waals surface area contributed by atoms with Crippen molar-refractivity contribution in [2.24, 2.45) is 12.8 Å². The van der Waals surface area contributed by atoms with Crippen LogP contribution < -0.4 is 5.73 Å². The number of aryl methyl sites for hydroxylation is 1. The van der Waals surface area contributed by atoms with Gasteiger partial charge in [0.25, 0.3) is 0 Å². The Morgan fingerprint density at radius 3 is 2.94 bits per heavy atom. The van der Waals surface area contributed by atoms with Gasteiger partial charge in [0.15, 0.2) is 0 Å². The molecule has 3 aromatic heterocycles.